The van der Waals surface area contributed by atoms with Crippen LogP contribution >= 0.6 is 0 Å². The van der Waals surface area contributed by atoms with Crippen LogP contribution in [0.3, 0.4) is 0 Å². The van der Waals surface area contributed by atoms with E-state index in [0.717, 1.165) is 43.7 Å². The van der Waals surface area contributed by atoms with Crippen LogP contribution in [0.2, 0.25) is 0 Å². The first-order valence-electron chi connectivity index (χ1n) is 9.77. The molecule has 5 heteroatoms. The lowest BCUT2D eigenvalue weighted by Crippen LogP contribution is -2.32. The normalized spacial score (nSPS) is 17.4. The Morgan fingerprint density at radius 2 is 1.63 bits per heavy atom. The molecule has 140 valence electrons. The van der Waals surface area contributed by atoms with Crippen molar-refractivity contribution in [1.29, 1.82) is 0 Å². The van der Waals surface area contributed by atoms with Crippen LogP contribution in [0.4, 0.5) is 20.2 Å². The molecular weight excluding hydrogens is 344 g/mol. The van der Waals surface area contributed by atoms with E-state index in [9.17, 15) is 8.78 Å². The van der Waals surface area contributed by atoms with Crippen molar-refractivity contribution in [2.24, 2.45) is 0 Å². The second kappa shape index (κ2) is 6.55. The van der Waals surface area contributed by atoms with Gasteiger partial charge in [-0.05, 0) is 55.0 Å². The summed E-state index contributed by atoms with van der Waals surface area (Å²) in [6, 6.07) is 9.35. The summed E-state index contributed by atoms with van der Waals surface area (Å²) < 4.78 is 27.2. The third-order valence-electron chi connectivity index (χ3n) is 5.96. The largest absolute Gasteiger partial charge is 0.372 e. The standard InChI is InChI=1S/C22H23F2N3/c23-19-11-18-21(12-20(19)24)25-13-22(18)27-9-6-15-10-17(5-4-16(15)14-27)26-7-2-1-3-8-26/h4-5,10-13,25H,1-3,6-9,14H2. The fourth-order valence-corrected chi connectivity index (χ4v) is 4.46. The van der Waals surface area contributed by atoms with Gasteiger partial charge in [0.25, 0.3) is 0 Å². The molecule has 2 aliphatic rings. The summed E-state index contributed by atoms with van der Waals surface area (Å²) in [5.74, 6) is -1.61. The van der Waals surface area contributed by atoms with E-state index in [0.29, 0.717) is 5.52 Å². The summed E-state index contributed by atoms with van der Waals surface area (Å²) in [4.78, 5) is 7.82. The molecule has 0 radical (unpaired) electrons. The molecule has 0 spiro atoms. The summed E-state index contributed by atoms with van der Waals surface area (Å²) in [6.07, 6.45) is 6.72. The molecule has 27 heavy (non-hydrogen) atoms. The van der Waals surface area contributed by atoms with Crippen molar-refractivity contribution >= 4 is 22.3 Å². The Labute approximate surface area is 157 Å². The minimum atomic E-state index is -0.815. The van der Waals surface area contributed by atoms with Crippen LogP contribution in [0.25, 0.3) is 10.9 Å². The van der Waals surface area contributed by atoms with E-state index in [1.54, 1.807) is 0 Å². The average molecular weight is 367 g/mol. The van der Waals surface area contributed by atoms with Crippen LogP contribution in [0.1, 0.15) is 30.4 Å². The zero-order valence-corrected chi connectivity index (χ0v) is 15.3. The van der Waals surface area contributed by atoms with Gasteiger partial charge in [-0.15, -0.1) is 0 Å². The molecule has 0 atom stereocenters. The first kappa shape index (κ1) is 16.6. The van der Waals surface area contributed by atoms with E-state index < -0.39 is 11.6 Å². The van der Waals surface area contributed by atoms with E-state index in [-0.39, 0.29) is 0 Å². The van der Waals surface area contributed by atoms with Crippen LogP contribution in [0, 0.1) is 11.6 Å². The molecule has 1 aromatic heterocycles. The number of hydrogen-bond acceptors (Lipinski definition) is 2. The second-order valence-electron chi connectivity index (χ2n) is 7.66. The Morgan fingerprint density at radius 1 is 0.815 bits per heavy atom. The number of aromatic amines is 1. The van der Waals surface area contributed by atoms with Crippen LogP contribution in [-0.4, -0.2) is 24.6 Å². The van der Waals surface area contributed by atoms with Gasteiger partial charge in [0.1, 0.15) is 0 Å². The topological polar surface area (TPSA) is 22.3 Å². The number of anilines is 2. The number of nitrogens with one attached hydrogen (secondary N) is 1. The second-order valence-corrected chi connectivity index (χ2v) is 7.66. The molecule has 2 aliphatic heterocycles. The highest BCUT2D eigenvalue weighted by Crippen LogP contribution is 2.33. The quantitative estimate of drug-likeness (QED) is 0.689. The number of H-pyrrole nitrogens is 1. The van der Waals surface area contributed by atoms with Gasteiger partial charge in [0.2, 0.25) is 0 Å². The van der Waals surface area contributed by atoms with Crippen LogP contribution in [0.15, 0.2) is 36.5 Å². The maximum Gasteiger partial charge on any atom is 0.160 e. The molecule has 1 saturated heterocycles. The Hall–Kier alpha value is -2.56. The van der Waals surface area contributed by atoms with Gasteiger partial charge in [-0.1, -0.05) is 6.07 Å². The fraction of sp³-hybridized carbons (Fsp3) is 0.364. The molecule has 3 heterocycles. The number of aromatic nitrogens is 1. The minimum absolute atomic E-state index is 0.634. The monoisotopic (exact) mass is 367 g/mol. The highest BCUT2D eigenvalue weighted by Gasteiger charge is 2.21. The van der Waals surface area contributed by atoms with Crippen molar-refractivity contribution in [1.82, 2.24) is 4.98 Å². The Kier molecular flexibility index (Phi) is 4.03. The number of piperidine rings is 1. The summed E-state index contributed by atoms with van der Waals surface area (Å²) in [7, 11) is 0. The van der Waals surface area contributed by atoms with Crippen molar-refractivity contribution in [3.63, 3.8) is 0 Å². The number of rotatable bonds is 2. The van der Waals surface area contributed by atoms with E-state index in [2.05, 4.69) is 33.0 Å². The van der Waals surface area contributed by atoms with Gasteiger partial charge in [0.15, 0.2) is 11.6 Å². The molecular formula is C22H23F2N3. The van der Waals surface area contributed by atoms with Gasteiger partial charge >= 0.3 is 0 Å². The zero-order chi connectivity index (χ0) is 18.4. The first-order valence-corrected chi connectivity index (χ1v) is 9.77. The molecule has 2 aromatic carbocycles. The van der Waals surface area contributed by atoms with E-state index in [4.69, 9.17) is 0 Å². The summed E-state index contributed by atoms with van der Waals surface area (Å²) in [5, 5.41) is 0.738. The third kappa shape index (κ3) is 2.95. The minimum Gasteiger partial charge on any atom is -0.372 e. The molecule has 0 amide bonds. The van der Waals surface area contributed by atoms with Crippen LogP contribution < -0.4 is 9.80 Å². The third-order valence-corrected chi connectivity index (χ3v) is 5.96. The number of halogens is 2. The molecule has 0 bridgehead atoms. The highest BCUT2D eigenvalue weighted by atomic mass is 19.2. The van der Waals surface area contributed by atoms with Gasteiger partial charge in [0.05, 0.1) is 11.2 Å². The van der Waals surface area contributed by atoms with Crippen LogP contribution in [-0.2, 0) is 13.0 Å². The Balaban J connectivity index is 1.42. The number of nitrogens with zero attached hydrogens (tertiary/aromatic N) is 2. The van der Waals surface area contributed by atoms with Crippen molar-refractivity contribution in [2.45, 2.75) is 32.2 Å². The van der Waals surface area contributed by atoms with Crippen molar-refractivity contribution < 1.29 is 8.78 Å². The maximum absolute atomic E-state index is 13.7. The molecule has 0 unspecified atom stereocenters. The maximum atomic E-state index is 13.7. The van der Waals surface area contributed by atoms with E-state index in [1.807, 2.05) is 6.20 Å². The fourth-order valence-electron chi connectivity index (χ4n) is 4.46. The van der Waals surface area contributed by atoms with Gasteiger partial charge in [-0.25, -0.2) is 8.78 Å². The van der Waals surface area contributed by atoms with Gasteiger partial charge in [-0.3, -0.25) is 0 Å². The number of fused-ring (bicyclic) bond motifs is 2. The summed E-state index contributed by atoms with van der Waals surface area (Å²) >= 11 is 0. The molecule has 0 aliphatic carbocycles. The predicted octanol–water partition coefficient (Wildman–Crippen LogP) is 5.00. The van der Waals surface area contributed by atoms with Crippen molar-refractivity contribution in [2.75, 3.05) is 29.4 Å². The van der Waals surface area contributed by atoms with Gasteiger partial charge in [0, 0.05) is 49.5 Å². The van der Waals surface area contributed by atoms with E-state index in [1.165, 1.54) is 48.2 Å². The predicted molar refractivity (Wildman–Crippen MR) is 105 cm³/mol. The molecule has 3 aromatic rings. The molecule has 1 N–H and O–H groups in total. The number of hydrogen-bond donors (Lipinski definition) is 1. The molecule has 5 rings (SSSR count). The van der Waals surface area contributed by atoms with E-state index >= 15 is 0 Å². The highest BCUT2D eigenvalue weighted by molar-refractivity contribution is 5.93. The van der Waals surface area contributed by atoms with Crippen molar-refractivity contribution in [3.8, 4) is 0 Å². The first-order chi connectivity index (χ1) is 13.2. The SMILES string of the molecule is Fc1cc2[nH]cc(N3CCc4cc(N5CCCCC5)ccc4C3)c2cc1F. The summed E-state index contributed by atoms with van der Waals surface area (Å²) in [5.41, 5.74) is 5.64. The van der Waals surface area contributed by atoms with Crippen molar-refractivity contribution in [3.05, 3.63) is 59.3 Å². The lowest BCUT2D eigenvalue weighted by Gasteiger charge is -2.33. The Morgan fingerprint density at radius 3 is 2.48 bits per heavy atom. The van der Waals surface area contributed by atoms with Gasteiger partial charge in [-0.2, -0.15) is 0 Å². The summed E-state index contributed by atoms with van der Waals surface area (Å²) in [6.45, 7) is 3.98. The van der Waals surface area contributed by atoms with Crippen LogP contribution in [0.5, 0.6) is 0 Å². The average Bonchev–Trinajstić information content (AvgIpc) is 3.11. The molecule has 3 nitrogen and oxygen atoms in total. The lowest BCUT2D eigenvalue weighted by molar-refractivity contribution is 0.511. The lowest BCUT2D eigenvalue weighted by atomic mass is 9.97. The molecule has 1 fully saturated rings. The Bertz CT molecular complexity index is 989. The number of benzene rings is 2. The smallest absolute Gasteiger partial charge is 0.160 e. The molecule has 0 saturated carbocycles. The zero-order valence-electron chi connectivity index (χ0n) is 15.3. The van der Waals surface area contributed by atoms with Gasteiger partial charge < -0.3 is 14.8 Å².